The summed E-state index contributed by atoms with van der Waals surface area (Å²) in [6, 6.07) is 13.2. The molecule has 0 radical (unpaired) electrons. The fourth-order valence-corrected chi connectivity index (χ4v) is 3.12. The Morgan fingerprint density at radius 1 is 1.00 bits per heavy atom. The number of halogens is 2. The van der Waals surface area contributed by atoms with Gasteiger partial charge < -0.3 is 0 Å². The van der Waals surface area contributed by atoms with E-state index < -0.39 is 0 Å². The van der Waals surface area contributed by atoms with E-state index in [4.69, 9.17) is 23.2 Å². The summed E-state index contributed by atoms with van der Waals surface area (Å²) in [5.41, 5.74) is 3.59. The highest BCUT2D eigenvalue weighted by molar-refractivity contribution is 6.35. The second kappa shape index (κ2) is 6.05. The summed E-state index contributed by atoms with van der Waals surface area (Å²) in [7, 11) is 0. The van der Waals surface area contributed by atoms with Gasteiger partial charge in [0, 0.05) is 21.2 Å². The highest BCUT2D eigenvalue weighted by atomic mass is 35.5. The summed E-state index contributed by atoms with van der Waals surface area (Å²) in [4.78, 5) is 12.7. The monoisotopic (exact) mass is 316 g/mol. The van der Waals surface area contributed by atoms with Crippen molar-refractivity contribution >= 4 is 35.1 Å². The van der Waals surface area contributed by atoms with E-state index in [1.165, 1.54) is 0 Å². The van der Waals surface area contributed by atoms with Crippen LogP contribution >= 0.6 is 23.2 Å². The molecule has 0 heterocycles. The van der Waals surface area contributed by atoms with Crippen molar-refractivity contribution in [3.05, 3.63) is 74.8 Å². The Labute approximate surface area is 134 Å². The van der Waals surface area contributed by atoms with Crippen LogP contribution in [0.4, 0.5) is 0 Å². The molecule has 3 rings (SSSR count). The first kappa shape index (κ1) is 14.4. The molecule has 106 valence electrons. The number of Topliss-reactive ketones (excluding diaryl/α,β-unsaturated/α-hetero) is 1. The maximum absolute atomic E-state index is 12.7. The number of benzene rings is 2. The average molecular weight is 317 g/mol. The predicted octanol–water partition coefficient (Wildman–Crippen LogP) is 5.60. The molecule has 0 unspecified atom stereocenters. The second-order valence-corrected chi connectivity index (χ2v) is 6.02. The van der Waals surface area contributed by atoms with Gasteiger partial charge in [0.2, 0.25) is 0 Å². The van der Waals surface area contributed by atoms with Crippen molar-refractivity contribution in [2.24, 2.45) is 0 Å². The molecule has 2 aromatic carbocycles. The van der Waals surface area contributed by atoms with Crippen molar-refractivity contribution in [1.82, 2.24) is 0 Å². The van der Waals surface area contributed by atoms with Crippen LogP contribution in [0.3, 0.4) is 0 Å². The minimum Gasteiger partial charge on any atom is -0.289 e. The largest absolute Gasteiger partial charge is 0.289 e. The number of allylic oxidation sites excluding steroid dienone is 1. The summed E-state index contributed by atoms with van der Waals surface area (Å²) in [5, 5.41) is 1.17. The topological polar surface area (TPSA) is 17.1 Å². The third kappa shape index (κ3) is 3.04. The zero-order valence-electron chi connectivity index (χ0n) is 11.4. The smallest absolute Gasteiger partial charge is 0.189 e. The molecule has 2 aromatic rings. The summed E-state index contributed by atoms with van der Waals surface area (Å²) in [6.45, 7) is 0. The van der Waals surface area contributed by atoms with Crippen molar-refractivity contribution in [1.29, 1.82) is 0 Å². The lowest BCUT2D eigenvalue weighted by molar-refractivity contribution is 0.103. The molecule has 0 aromatic heterocycles. The molecule has 0 bridgehead atoms. The normalized spacial score (nSPS) is 16.7. The van der Waals surface area contributed by atoms with Crippen LogP contribution in [0.25, 0.3) is 6.08 Å². The lowest BCUT2D eigenvalue weighted by Gasteiger charge is -2.06. The van der Waals surface area contributed by atoms with Crippen LogP contribution < -0.4 is 0 Å². The molecule has 1 nitrogen and oxygen atoms in total. The molecule has 3 heteroatoms. The third-order valence-corrected chi connectivity index (χ3v) is 4.30. The molecule has 0 saturated heterocycles. The van der Waals surface area contributed by atoms with E-state index in [0.717, 1.165) is 41.5 Å². The van der Waals surface area contributed by atoms with Crippen LogP contribution in [-0.4, -0.2) is 5.78 Å². The molecule has 0 fully saturated rings. The van der Waals surface area contributed by atoms with E-state index in [1.807, 2.05) is 36.4 Å². The van der Waals surface area contributed by atoms with E-state index in [-0.39, 0.29) is 5.78 Å². The Hall–Kier alpha value is -1.57. The van der Waals surface area contributed by atoms with Crippen molar-refractivity contribution in [3.8, 4) is 0 Å². The third-order valence-electron chi connectivity index (χ3n) is 3.74. The maximum Gasteiger partial charge on any atom is 0.189 e. The first-order chi connectivity index (χ1) is 10.1. The van der Waals surface area contributed by atoms with Crippen LogP contribution in [-0.2, 0) is 6.42 Å². The average Bonchev–Trinajstić information content (AvgIpc) is 2.63. The highest BCUT2D eigenvalue weighted by Crippen LogP contribution is 2.28. The quantitative estimate of drug-likeness (QED) is 0.494. The Bertz CT molecular complexity index is 732. The van der Waals surface area contributed by atoms with Crippen LogP contribution in [0.2, 0.25) is 10.0 Å². The Morgan fingerprint density at radius 3 is 2.62 bits per heavy atom. The van der Waals surface area contributed by atoms with Gasteiger partial charge in [0.15, 0.2) is 5.78 Å². The van der Waals surface area contributed by atoms with Gasteiger partial charge in [0.05, 0.1) is 0 Å². The first-order valence-corrected chi connectivity index (χ1v) is 7.69. The number of carbonyl (C=O) groups excluding carboxylic acids is 1. The van der Waals surface area contributed by atoms with Crippen LogP contribution in [0.1, 0.15) is 34.3 Å². The summed E-state index contributed by atoms with van der Waals surface area (Å²) in [6.07, 6.45) is 4.57. The minimum atomic E-state index is 0.106. The highest BCUT2D eigenvalue weighted by Gasteiger charge is 2.19. The molecular formula is C18H14Cl2O. The van der Waals surface area contributed by atoms with Gasteiger partial charge in [0.25, 0.3) is 0 Å². The van der Waals surface area contributed by atoms with Gasteiger partial charge in [0.1, 0.15) is 0 Å². The first-order valence-electron chi connectivity index (χ1n) is 6.93. The van der Waals surface area contributed by atoms with E-state index in [1.54, 1.807) is 12.1 Å². The lowest BCUT2D eigenvalue weighted by Crippen LogP contribution is -2.03. The lowest BCUT2D eigenvalue weighted by atomic mass is 9.98. The molecule has 1 aliphatic rings. The van der Waals surface area contributed by atoms with E-state index in [9.17, 15) is 4.79 Å². The summed E-state index contributed by atoms with van der Waals surface area (Å²) >= 11 is 12.1. The number of rotatable bonds is 1. The fraction of sp³-hybridized carbons (Fsp3) is 0.167. The number of aryl methyl sites for hydroxylation is 1. The fourth-order valence-electron chi connectivity index (χ4n) is 2.66. The summed E-state index contributed by atoms with van der Waals surface area (Å²) in [5.74, 6) is 0.106. The van der Waals surface area contributed by atoms with Crippen molar-refractivity contribution in [3.63, 3.8) is 0 Å². The molecule has 0 N–H and O–H groups in total. The van der Waals surface area contributed by atoms with Crippen molar-refractivity contribution in [2.75, 3.05) is 0 Å². The van der Waals surface area contributed by atoms with Crippen LogP contribution in [0, 0.1) is 0 Å². The standard InChI is InChI=1S/C18H14Cl2O/c19-15-9-8-13(17(20)11-15)10-14-6-3-5-12-4-1-2-7-16(12)18(14)21/h1-2,4,7-11H,3,5-6H2/b14-10-. The van der Waals surface area contributed by atoms with E-state index in [0.29, 0.717) is 10.0 Å². The number of fused-ring (bicyclic) bond motifs is 1. The molecule has 21 heavy (non-hydrogen) atoms. The zero-order chi connectivity index (χ0) is 14.8. The zero-order valence-corrected chi connectivity index (χ0v) is 12.9. The molecule has 0 aliphatic heterocycles. The molecule has 0 atom stereocenters. The van der Waals surface area contributed by atoms with Crippen molar-refractivity contribution < 1.29 is 4.79 Å². The van der Waals surface area contributed by atoms with Gasteiger partial charge in [-0.2, -0.15) is 0 Å². The van der Waals surface area contributed by atoms with Gasteiger partial charge >= 0.3 is 0 Å². The van der Waals surface area contributed by atoms with Crippen LogP contribution in [0.5, 0.6) is 0 Å². The molecule has 0 spiro atoms. The predicted molar refractivity (Wildman–Crippen MR) is 88.1 cm³/mol. The SMILES string of the molecule is O=C1/C(=C\c2ccc(Cl)cc2Cl)CCCc2ccccc21. The number of carbonyl (C=O) groups is 1. The Morgan fingerprint density at radius 2 is 1.81 bits per heavy atom. The van der Waals surface area contributed by atoms with Gasteiger partial charge in [-0.3, -0.25) is 4.79 Å². The maximum atomic E-state index is 12.7. The molecular weight excluding hydrogens is 303 g/mol. The number of ketones is 1. The molecule has 0 saturated carbocycles. The summed E-state index contributed by atoms with van der Waals surface area (Å²) < 4.78 is 0. The Kier molecular flexibility index (Phi) is 4.14. The molecule has 0 amide bonds. The number of hydrogen-bond donors (Lipinski definition) is 0. The minimum absolute atomic E-state index is 0.106. The van der Waals surface area contributed by atoms with Crippen LogP contribution in [0.15, 0.2) is 48.0 Å². The second-order valence-electron chi connectivity index (χ2n) is 5.18. The van der Waals surface area contributed by atoms with E-state index in [2.05, 4.69) is 0 Å². The van der Waals surface area contributed by atoms with Crippen molar-refractivity contribution in [2.45, 2.75) is 19.3 Å². The van der Waals surface area contributed by atoms with E-state index >= 15 is 0 Å². The van der Waals surface area contributed by atoms with Gasteiger partial charge in [-0.1, -0.05) is 53.5 Å². The van der Waals surface area contributed by atoms with Gasteiger partial charge in [-0.05, 0) is 48.6 Å². The Balaban J connectivity index is 2.02. The number of hydrogen-bond acceptors (Lipinski definition) is 1. The van der Waals surface area contributed by atoms with Gasteiger partial charge in [-0.15, -0.1) is 0 Å². The molecule has 1 aliphatic carbocycles. The van der Waals surface area contributed by atoms with Gasteiger partial charge in [-0.25, -0.2) is 0 Å².